The highest BCUT2D eigenvalue weighted by Gasteiger charge is 2.13. The number of aromatic nitrogens is 1. The molecule has 19 heavy (non-hydrogen) atoms. The summed E-state index contributed by atoms with van der Waals surface area (Å²) >= 11 is 1.72. The second kappa shape index (κ2) is 6.63. The molecular weight excluding hydrogens is 261 g/mol. The minimum atomic E-state index is -0.291. The van der Waals surface area contributed by atoms with Gasteiger partial charge in [-0.1, -0.05) is 6.07 Å². The van der Waals surface area contributed by atoms with Gasteiger partial charge in [-0.25, -0.2) is 9.37 Å². The third-order valence-corrected chi connectivity index (χ3v) is 3.75. The molecule has 5 heteroatoms. The number of rotatable bonds is 6. The summed E-state index contributed by atoms with van der Waals surface area (Å²) in [6.07, 6.45) is 1.28. The highest BCUT2D eigenvalue weighted by Crippen LogP contribution is 2.22. The third-order valence-electron chi connectivity index (χ3n) is 2.88. The monoisotopic (exact) mass is 279 g/mol. The number of anilines is 1. The van der Waals surface area contributed by atoms with Crippen molar-refractivity contribution in [3.8, 4) is 0 Å². The van der Waals surface area contributed by atoms with Gasteiger partial charge in [-0.2, -0.15) is 0 Å². The summed E-state index contributed by atoms with van der Waals surface area (Å²) < 4.78 is 13.3. The van der Waals surface area contributed by atoms with Gasteiger partial charge in [0.15, 0.2) is 0 Å². The van der Waals surface area contributed by atoms with Crippen LogP contribution < -0.4 is 10.2 Å². The molecule has 2 aromatic heterocycles. The number of nitrogens with zero attached hydrogens (tertiary/aromatic N) is 2. The lowest BCUT2D eigenvalue weighted by molar-refractivity contribution is 0.614. The molecule has 0 spiro atoms. The number of hydrogen-bond acceptors (Lipinski definition) is 4. The zero-order chi connectivity index (χ0) is 13.7. The van der Waals surface area contributed by atoms with Gasteiger partial charge in [-0.15, -0.1) is 11.3 Å². The number of halogens is 1. The van der Waals surface area contributed by atoms with Crippen LogP contribution in [-0.4, -0.2) is 18.6 Å². The summed E-state index contributed by atoms with van der Waals surface area (Å²) in [4.78, 5) is 7.71. The van der Waals surface area contributed by atoms with E-state index in [1.807, 2.05) is 13.1 Å². The summed E-state index contributed by atoms with van der Waals surface area (Å²) in [5, 5.41) is 5.12. The van der Waals surface area contributed by atoms with Crippen molar-refractivity contribution < 1.29 is 4.39 Å². The van der Waals surface area contributed by atoms with E-state index in [0.29, 0.717) is 6.54 Å². The molecule has 0 atom stereocenters. The fourth-order valence-corrected chi connectivity index (χ4v) is 2.73. The Morgan fingerprint density at radius 1 is 1.47 bits per heavy atom. The van der Waals surface area contributed by atoms with Crippen molar-refractivity contribution in [3.63, 3.8) is 0 Å². The number of pyridine rings is 1. The van der Waals surface area contributed by atoms with E-state index >= 15 is 0 Å². The number of thiophene rings is 1. The van der Waals surface area contributed by atoms with Gasteiger partial charge in [0.25, 0.3) is 0 Å². The standard InChI is InChI=1S/C14H18FN3S/c1-3-18(10-13-5-4-6-19-13)14-11(8-16-2)7-12(15)9-17-14/h4-7,9,16H,3,8,10H2,1-2H3. The molecule has 2 aromatic rings. The van der Waals surface area contributed by atoms with E-state index in [9.17, 15) is 4.39 Å². The van der Waals surface area contributed by atoms with Gasteiger partial charge >= 0.3 is 0 Å². The third kappa shape index (κ3) is 3.52. The van der Waals surface area contributed by atoms with Crippen LogP contribution in [0, 0.1) is 5.82 Å². The molecule has 102 valence electrons. The van der Waals surface area contributed by atoms with Crippen LogP contribution in [0.3, 0.4) is 0 Å². The summed E-state index contributed by atoms with van der Waals surface area (Å²) in [5.41, 5.74) is 0.890. The average molecular weight is 279 g/mol. The van der Waals surface area contributed by atoms with E-state index in [1.54, 1.807) is 17.4 Å². The smallest absolute Gasteiger partial charge is 0.141 e. The first-order valence-corrected chi connectivity index (χ1v) is 7.19. The van der Waals surface area contributed by atoms with E-state index in [4.69, 9.17) is 0 Å². The SMILES string of the molecule is CCN(Cc1cccs1)c1ncc(F)cc1CNC. The lowest BCUT2D eigenvalue weighted by Gasteiger charge is -2.24. The lowest BCUT2D eigenvalue weighted by atomic mass is 10.2. The molecule has 0 aliphatic heterocycles. The second-order valence-electron chi connectivity index (χ2n) is 4.26. The van der Waals surface area contributed by atoms with Crippen LogP contribution in [0.15, 0.2) is 29.8 Å². The first-order chi connectivity index (χ1) is 9.24. The molecule has 2 rings (SSSR count). The Balaban J connectivity index is 2.26. The molecule has 0 amide bonds. The molecule has 0 unspecified atom stereocenters. The van der Waals surface area contributed by atoms with E-state index in [0.717, 1.165) is 24.5 Å². The van der Waals surface area contributed by atoms with Gasteiger partial charge in [0.2, 0.25) is 0 Å². The largest absolute Gasteiger partial charge is 0.351 e. The van der Waals surface area contributed by atoms with Gasteiger partial charge in [0.1, 0.15) is 11.6 Å². The summed E-state index contributed by atoms with van der Waals surface area (Å²) in [6.45, 7) is 4.35. The maximum atomic E-state index is 13.3. The Morgan fingerprint density at radius 2 is 2.32 bits per heavy atom. The van der Waals surface area contributed by atoms with Gasteiger partial charge in [-0.3, -0.25) is 0 Å². The van der Waals surface area contributed by atoms with Crippen molar-refractivity contribution >= 4 is 17.2 Å². The molecule has 0 saturated heterocycles. The number of nitrogens with one attached hydrogen (secondary N) is 1. The van der Waals surface area contributed by atoms with Gasteiger partial charge in [0, 0.05) is 23.5 Å². The van der Waals surface area contributed by atoms with Gasteiger partial charge in [-0.05, 0) is 31.5 Å². The fourth-order valence-electron chi connectivity index (χ4n) is 2.01. The Hall–Kier alpha value is -1.46. The molecule has 0 fully saturated rings. The summed E-state index contributed by atoms with van der Waals surface area (Å²) in [6, 6.07) is 5.70. The Morgan fingerprint density at radius 3 is 2.95 bits per heavy atom. The first kappa shape index (κ1) is 14.0. The molecular formula is C14H18FN3S. The van der Waals surface area contributed by atoms with Crippen LogP contribution in [0.5, 0.6) is 0 Å². The zero-order valence-corrected chi connectivity index (χ0v) is 12.0. The molecule has 0 saturated carbocycles. The predicted molar refractivity (Wildman–Crippen MR) is 78.0 cm³/mol. The number of hydrogen-bond donors (Lipinski definition) is 1. The fraction of sp³-hybridized carbons (Fsp3) is 0.357. The predicted octanol–water partition coefficient (Wildman–Crippen LogP) is 3.03. The van der Waals surface area contributed by atoms with Crippen LogP contribution in [0.25, 0.3) is 0 Å². The van der Waals surface area contributed by atoms with Crippen molar-refractivity contribution in [2.45, 2.75) is 20.0 Å². The van der Waals surface area contributed by atoms with E-state index in [1.165, 1.54) is 11.1 Å². The molecule has 0 bridgehead atoms. The van der Waals surface area contributed by atoms with Crippen LogP contribution in [0.2, 0.25) is 0 Å². The molecule has 3 nitrogen and oxygen atoms in total. The minimum Gasteiger partial charge on any atom is -0.351 e. The topological polar surface area (TPSA) is 28.2 Å². The maximum Gasteiger partial charge on any atom is 0.141 e. The van der Waals surface area contributed by atoms with Crippen molar-refractivity contribution in [3.05, 3.63) is 46.0 Å². The minimum absolute atomic E-state index is 0.291. The van der Waals surface area contributed by atoms with Crippen LogP contribution in [0.1, 0.15) is 17.4 Å². The van der Waals surface area contributed by atoms with Crippen LogP contribution in [0.4, 0.5) is 10.2 Å². The molecule has 0 aliphatic carbocycles. The van der Waals surface area contributed by atoms with Gasteiger partial charge in [0.05, 0.1) is 12.7 Å². The normalized spacial score (nSPS) is 10.7. The zero-order valence-electron chi connectivity index (χ0n) is 11.2. The van der Waals surface area contributed by atoms with Crippen molar-refractivity contribution in [1.29, 1.82) is 0 Å². The average Bonchev–Trinajstić information content (AvgIpc) is 2.90. The Labute approximate surface area is 117 Å². The Kier molecular flexibility index (Phi) is 4.87. The van der Waals surface area contributed by atoms with E-state index < -0.39 is 0 Å². The second-order valence-corrected chi connectivity index (χ2v) is 5.29. The quantitative estimate of drug-likeness (QED) is 0.881. The first-order valence-electron chi connectivity index (χ1n) is 6.31. The highest BCUT2D eigenvalue weighted by molar-refractivity contribution is 7.09. The highest BCUT2D eigenvalue weighted by atomic mass is 32.1. The molecule has 0 aromatic carbocycles. The molecule has 0 radical (unpaired) electrons. The molecule has 1 N–H and O–H groups in total. The maximum absolute atomic E-state index is 13.3. The van der Waals surface area contributed by atoms with Crippen LogP contribution in [-0.2, 0) is 13.1 Å². The van der Waals surface area contributed by atoms with E-state index in [2.05, 4.69) is 33.6 Å². The van der Waals surface area contributed by atoms with E-state index in [-0.39, 0.29) is 5.82 Å². The van der Waals surface area contributed by atoms with Gasteiger partial charge < -0.3 is 10.2 Å². The lowest BCUT2D eigenvalue weighted by Crippen LogP contribution is -2.25. The van der Waals surface area contributed by atoms with Crippen molar-refractivity contribution in [2.75, 3.05) is 18.5 Å². The van der Waals surface area contributed by atoms with Crippen LogP contribution >= 0.6 is 11.3 Å². The molecule has 2 heterocycles. The molecule has 0 aliphatic rings. The Bertz CT molecular complexity index is 513. The summed E-state index contributed by atoms with van der Waals surface area (Å²) in [5.74, 6) is 0.563. The van der Waals surface area contributed by atoms with Crippen molar-refractivity contribution in [1.82, 2.24) is 10.3 Å². The summed E-state index contributed by atoms with van der Waals surface area (Å²) in [7, 11) is 1.85. The van der Waals surface area contributed by atoms with Crippen molar-refractivity contribution in [2.24, 2.45) is 0 Å².